The molecule has 16 heavy (non-hydrogen) atoms. The number of hydrogen-bond acceptors (Lipinski definition) is 3. The van der Waals surface area contributed by atoms with Crippen molar-refractivity contribution in [2.24, 2.45) is 5.92 Å². The molecule has 0 aromatic carbocycles. The van der Waals surface area contributed by atoms with Gasteiger partial charge in [-0.3, -0.25) is 0 Å². The first-order valence-electron chi connectivity index (χ1n) is 6.77. The lowest BCUT2D eigenvalue weighted by molar-refractivity contribution is -0.0803. The predicted molar refractivity (Wildman–Crippen MR) is 71.1 cm³/mol. The third-order valence-electron chi connectivity index (χ3n) is 3.82. The maximum atomic E-state index is 6.04. The zero-order chi connectivity index (χ0) is 11.3. The molecule has 2 aliphatic rings. The van der Waals surface area contributed by atoms with Crippen molar-refractivity contribution in [3.8, 4) is 0 Å². The van der Waals surface area contributed by atoms with Crippen LogP contribution in [0.1, 0.15) is 39.0 Å². The van der Waals surface area contributed by atoms with E-state index in [2.05, 4.69) is 24.0 Å². The standard InChI is InChI=1S/C13H25NOS/c1-2-6-14-7-3-12-4-8-15-13(10-12)5-9-16-11-13/h12,14H,2-11H2,1H3. The fourth-order valence-corrected chi connectivity index (χ4v) is 4.23. The molecule has 2 rings (SSSR count). The topological polar surface area (TPSA) is 21.3 Å². The van der Waals surface area contributed by atoms with Gasteiger partial charge in [0.15, 0.2) is 0 Å². The molecule has 2 saturated heterocycles. The van der Waals surface area contributed by atoms with Crippen molar-refractivity contribution in [2.45, 2.75) is 44.6 Å². The maximum Gasteiger partial charge on any atom is 0.0783 e. The monoisotopic (exact) mass is 243 g/mol. The third kappa shape index (κ3) is 3.38. The zero-order valence-corrected chi connectivity index (χ0v) is 11.3. The van der Waals surface area contributed by atoms with Gasteiger partial charge < -0.3 is 10.1 Å². The molecule has 0 radical (unpaired) electrons. The molecule has 0 saturated carbocycles. The van der Waals surface area contributed by atoms with Crippen molar-refractivity contribution in [1.82, 2.24) is 5.32 Å². The van der Waals surface area contributed by atoms with E-state index in [1.807, 2.05) is 0 Å². The van der Waals surface area contributed by atoms with Crippen LogP contribution in [-0.4, -0.2) is 36.8 Å². The summed E-state index contributed by atoms with van der Waals surface area (Å²) in [4.78, 5) is 0. The molecule has 0 aromatic rings. The normalized spacial score (nSPS) is 34.7. The molecule has 2 fully saturated rings. The Morgan fingerprint density at radius 3 is 3.12 bits per heavy atom. The van der Waals surface area contributed by atoms with E-state index in [-0.39, 0.29) is 5.60 Å². The summed E-state index contributed by atoms with van der Waals surface area (Å²) in [5.41, 5.74) is 0.276. The second-order valence-electron chi connectivity index (χ2n) is 5.23. The lowest BCUT2D eigenvalue weighted by Gasteiger charge is -2.37. The number of rotatable bonds is 5. The first kappa shape index (κ1) is 12.7. The second kappa shape index (κ2) is 6.27. The number of thioether (sulfide) groups is 1. The lowest BCUT2D eigenvalue weighted by atomic mass is 9.83. The molecule has 2 aliphatic heterocycles. The Labute approximate surface area is 104 Å². The average Bonchev–Trinajstić information content (AvgIpc) is 2.73. The van der Waals surface area contributed by atoms with E-state index >= 15 is 0 Å². The molecule has 0 aliphatic carbocycles. The summed E-state index contributed by atoms with van der Waals surface area (Å²) in [5, 5.41) is 3.52. The Balaban J connectivity index is 1.70. The van der Waals surface area contributed by atoms with Crippen molar-refractivity contribution in [2.75, 3.05) is 31.2 Å². The number of hydrogen-bond donors (Lipinski definition) is 1. The van der Waals surface area contributed by atoms with E-state index in [1.54, 1.807) is 0 Å². The van der Waals surface area contributed by atoms with Crippen LogP contribution >= 0.6 is 11.8 Å². The maximum absolute atomic E-state index is 6.04. The lowest BCUT2D eigenvalue weighted by Crippen LogP contribution is -2.40. The van der Waals surface area contributed by atoms with Crippen molar-refractivity contribution in [1.29, 1.82) is 0 Å². The van der Waals surface area contributed by atoms with Crippen molar-refractivity contribution in [3.05, 3.63) is 0 Å². The van der Waals surface area contributed by atoms with Gasteiger partial charge in [0.25, 0.3) is 0 Å². The van der Waals surface area contributed by atoms with Crippen LogP contribution in [0.4, 0.5) is 0 Å². The largest absolute Gasteiger partial charge is 0.374 e. The molecule has 2 nitrogen and oxygen atoms in total. The van der Waals surface area contributed by atoms with Gasteiger partial charge in [0.1, 0.15) is 0 Å². The zero-order valence-electron chi connectivity index (χ0n) is 10.5. The highest BCUT2D eigenvalue weighted by Crippen LogP contribution is 2.41. The predicted octanol–water partition coefficient (Wildman–Crippen LogP) is 2.68. The molecule has 94 valence electrons. The molecule has 3 heteroatoms. The van der Waals surface area contributed by atoms with Gasteiger partial charge in [-0.2, -0.15) is 11.8 Å². The van der Waals surface area contributed by atoms with E-state index < -0.39 is 0 Å². The van der Waals surface area contributed by atoms with Crippen molar-refractivity contribution < 1.29 is 4.74 Å². The van der Waals surface area contributed by atoms with Gasteiger partial charge in [0, 0.05) is 12.4 Å². The minimum Gasteiger partial charge on any atom is -0.374 e. The van der Waals surface area contributed by atoms with Gasteiger partial charge in [-0.15, -0.1) is 0 Å². The van der Waals surface area contributed by atoms with Crippen LogP contribution < -0.4 is 5.32 Å². The minimum absolute atomic E-state index is 0.276. The second-order valence-corrected chi connectivity index (χ2v) is 6.34. The smallest absolute Gasteiger partial charge is 0.0783 e. The first-order valence-corrected chi connectivity index (χ1v) is 7.92. The van der Waals surface area contributed by atoms with Gasteiger partial charge >= 0.3 is 0 Å². The number of ether oxygens (including phenoxy) is 1. The fraction of sp³-hybridized carbons (Fsp3) is 1.00. The summed E-state index contributed by atoms with van der Waals surface area (Å²) in [6.07, 6.45) is 6.47. The quantitative estimate of drug-likeness (QED) is 0.750. The first-order chi connectivity index (χ1) is 7.85. The summed E-state index contributed by atoms with van der Waals surface area (Å²) in [6.45, 7) is 5.59. The van der Waals surface area contributed by atoms with E-state index in [9.17, 15) is 0 Å². The van der Waals surface area contributed by atoms with Crippen LogP contribution in [-0.2, 0) is 4.74 Å². The van der Waals surface area contributed by atoms with Crippen molar-refractivity contribution >= 4 is 11.8 Å². The summed E-state index contributed by atoms with van der Waals surface area (Å²) >= 11 is 2.07. The Hall–Kier alpha value is 0.270. The third-order valence-corrected chi connectivity index (χ3v) is 5.04. The van der Waals surface area contributed by atoms with Gasteiger partial charge in [-0.05, 0) is 56.9 Å². The molecule has 1 spiro atoms. The van der Waals surface area contributed by atoms with Crippen LogP contribution in [0.25, 0.3) is 0 Å². The molecule has 2 heterocycles. The van der Waals surface area contributed by atoms with Crippen molar-refractivity contribution in [3.63, 3.8) is 0 Å². The van der Waals surface area contributed by atoms with E-state index in [4.69, 9.17) is 4.74 Å². The number of nitrogens with one attached hydrogen (secondary N) is 1. The molecule has 0 aromatic heterocycles. The summed E-state index contributed by atoms with van der Waals surface area (Å²) in [6, 6.07) is 0. The Bertz CT molecular complexity index is 204. The van der Waals surface area contributed by atoms with Gasteiger partial charge in [0.05, 0.1) is 5.60 Å². The summed E-state index contributed by atoms with van der Waals surface area (Å²) < 4.78 is 6.04. The SMILES string of the molecule is CCCNCCC1CCOC2(CCSC2)C1. The molecule has 2 atom stereocenters. The van der Waals surface area contributed by atoms with E-state index in [0.29, 0.717) is 0 Å². The van der Waals surface area contributed by atoms with E-state index in [1.165, 1.54) is 56.7 Å². The molecule has 1 N–H and O–H groups in total. The highest BCUT2D eigenvalue weighted by molar-refractivity contribution is 7.99. The average molecular weight is 243 g/mol. The highest BCUT2D eigenvalue weighted by atomic mass is 32.2. The Kier molecular flexibility index (Phi) is 4.98. The highest BCUT2D eigenvalue weighted by Gasteiger charge is 2.39. The van der Waals surface area contributed by atoms with Gasteiger partial charge in [0.2, 0.25) is 0 Å². The van der Waals surface area contributed by atoms with Crippen LogP contribution in [0.3, 0.4) is 0 Å². The molecule has 0 amide bonds. The van der Waals surface area contributed by atoms with E-state index in [0.717, 1.165) is 12.5 Å². The fourth-order valence-electron chi connectivity index (χ4n) is 2.85. The van der Waals surface area contributed by atoms with Gasteiger partial charge in [-0.1, -0.05) is 6.92 Å². The Morgan fingerprint density at radius 1 is 1.44 bits per heavy atom. The van der Waals surface area contributed by atoms with Crippen LogP contribution in [0.15, 0.2) is 0 Å². The molecule has 0 bridgehead atoms. The minimum atomic E-state index is 0.276. The molecular formula is C13H25NOS. The van der Waals surface area contributed by atoms with Crippen LogP contribution in [0.5, 0.6) is 0 Å². The van der Waals surface area contributed by atoms with Crippen LogP contribution in [0.2, 0.25) is 0 Å². The Morgan fingerprint density at radius 2 is 2.38 bits per heavy atom. The molecule has 2 unspecified atom stereocenters. The van der Waals surface area contributed by atoms with Crippen LogP contribution in [0, 0.1) is 5.92 Å². The van der Waals surface area contributed by atoms with Gasteiger partial charge in [-0.25, -0.2) is 0 Å². The molecular weight excluding hydrogens is 218 g/mol. The summed E-state index contributed by atoms with van der Waals surface area (Å²) in [7, 11) is 0. The summed E-state index contributed by atoms with van der Waals surface area (Å²) in [5.74, 6) is 3.45.